The van der Waals surface area contributed by atoms with Crippen molar-refractivity contribution in [3.63, 3.8) is 0 Å². The molecule has 0 saturated heterocycles. The summed E-state index contributed by atoms with van der Waals surface area (Å²) in [7, 11) is 1.92. The van der Waals surface area contributed by atoms with E-state index in [-0.39, 0.29) is 11.9 Å². The van der Waals surface area contributed by atoms with Gasteiger partial charge in [0, 0.05) is 29.6 Å². The molecule has 2 aromatic rings. The number of ether oxygens (including phenoxy) is 2. The molecule has 0 fully saturated rings. The second-order valence-electron chi connectivity index (χ2n) is 6.00. The summed E-state index contributed by atoms with van der Waals surface area (Å²) in [5, 5.41) is 2.95. The lowest BCUT2D eigenvalue weighted by Crippen LogP contribution is -2.39. The number of carbonyl (C=O) groups is 1. The van der Waals surface area contributed by atoms with Crippen LogP contribution < -0.4 is 14.8 Å². The van der Waals surface area contributed by atoms with Gasteiger partial charge in [-0.15, -0.1) is 11.3 Å². The summed E-state index contributed by atoms with van der Waals surface area (Å²) in [5.41, 5.74) is 0.702. The van der Waals surface area contributed by atoms with Gasteiger partial charge in [-0.05, 0) is 38.2 Å². The Bertz CT molecular complexity index is 750. The van der Waals surface area contributed by atoms with Crippen molar-refractivity contribution in [1.82, 2.24) is 4.90 Å². The summed E-state index contributed by atoms with van der Waals surface area (Å²) in [6, 6.07) is 9.05. The van der Waals surface area contributed by atoms with Gasteiger partial charge in [0.25, 0.3) is 0 Å². The molecule has 1 aliphatic heterocycles. The number of halogens is 1. The Hall–Kier alpha value is -1.76. The summed E-state index contributed by atoms with van der Waals surface area (Å²) < 4.78 is 12.0. The van der Waals surface area contributed by atoms with Gasteiger partial charge < -0.3 is 14.8 Å². The van der Waals surface area contributed by atoms with Crippen molar-refractivity contribution in [2.24, 2.45) is 0 Å². The Kier molecular flexibility index (Phi) is 5.83. The highest BCUT2D eigenvalue weighted by Gasteiger charge is 2.20. The maximum Gasteiger partial charge on any atom is 0.241 e. The molecule has 1 unspecified atom stereocenters. The molecule has 0 aliphatic carbocycles. The molecule has 7 heteroatoms. The van der Waals surface area contributed by atoms with Crippen molar-refractivity contribution >= 4 is 34.5 Å². The topological polar surface area (TPSA) is 50.8 Å². The Morgan fingerprint density at radius 2 is 2.04 bits per heavy atom. The number of nitrogens with one attached hydrogen (secondary N) is 1. The second kappa shape index (κ2) is 8.08. The fourth-order valence-corrected chi connectivity index (χ4v) is 3.66. The van der Waals surface area contributed by atoms with Crippen molar-refractivity contribution in [2.75, 3.05) is 25.6 Å². The minimum absolute atomic E-state index is 0.0698. The molecule has 1 aromatic heterocycles. The Balaban J connectivity index is 1.62. The number of anilines is 1. The molecule has 0 spiro atoms. The van der Waals surface area contributed by atoms with E-state index in [1.165, 1.54) is 11.3 Å². The first-order chi connectivity index (χ1) is 12.0. The first-order valence-electron chi connectivity index (χ1n) is 8.18. The van der Waals surface area contributed by atoms with Crippen LogP contribution in [0.5, 0.6) is 11.5 Å². The predicted octanol–water partition coefficient (Wildman–Crippen LogP) is 4.02. The number of carbonyl (C=O) groups excluding carboxylic acids is 1. The van der Waals surface area contributed by atoms with E-state index in [1.807, 2.05) is 49.2 Å². The monoisotopic (exact) mass is 380 g/mol. The van der Waals surface area contributed by atoms with Crippen molar-refractivity contribution in [3.8, 4) is 11.5 Å². The van der Waals surface area contributed by atoms with Crippen LogP contribution in [0.2, 0.25) is 4.34 Å². The van der Waals surface area contributed by atoms with Gasteiger partial charge in [0.15, 0.2) is 11.5 Å². The highest BCUT2D eigenvalue weighted by atomic mass is 35.5. The van der Waals surface area contributed by atoms with Gasteiger partial charge >= 0.3 is 0 Å². The van der Waals surface area contributed by atoms with E-state index in [2.05, 4.69) is 5.32 Å². The van der Waals surface area contributed by atoms with Crippen LogP contribution in [0.25, 0.3) is 0 Å². The smallest absolute Gasteiger partial charge is 0.241 e. The standard InChI is InChI=1S/C18H21ClN2O3S/c1-12(21(2)11-14-5-7-17(19)25-14)18(22)20-13-4-6-15-16(10-13)24-9-3-8-23-15/h4-7,10,12H,3,8-9,11H2,1-2H3,(H,20,22). The van der Waals surface area contributed by atoms with Crippen LogP contribution in [0, 0.1) is 0 Å². The molecule has 1 aromatic carbocycles. The zero-order valence-corrected chi connectivity index (χ0v) is 15.8. The molecule has 134 valence electrons. The van der Waals surface area contributed by atoms with Gasteiger partial charge in [0.2, 0.25) is 5.91 Å². The molecule has 2 heterocycles. The number of nitrogens with zero attached hydrogens (tertiary/aromatic N) is 1. The summed E-state index contributed by atoms with van der Waals surface area (Å²) >= 11 is 7.49. The third kappa shape index (κ3) is 4.66. The number of amides is 1. The molecular formula is C18H21ClN2O3S. The van der Waals surface area contributed by atoms with E-state index in [0.29, 0.717) is 31.2 Å². The lowest BCUT2D eigenvalue weighted by molar-refractivity contribution is -0.120. The Labute approximate surface area is 156 Å². The number of thiophene rings is 1. The molecule has 0 saturated carbocycles. The maximum atomic E-state index is 12.5. The quantitative estimate of drug-likeness (QED) is 0.851. The molecule has 25 heavy (non-hydrogen) atoms. The van der Waals surface area contributed by atoms with Crippen molar-refractivity contribution in [2.45, 2.75) is 25.9 Å². The van der Waals surface area contributed by atoms with E-state index < -0.39 is 0 Å². The average molecular weight is 381 g/mol. The van der Waals surface area contributed by atoms with Gasteiger partial charge in [-0.2, -0.15) is 0 Å². The summed E-state index contributed by atoms with van der Waals surface area (Å²) in [4.78, 5) is 15.7. The lowest BCUT2D eigenvalue weighted by Gasteiger charge is -2.23. The number of benzene rings is 1. The second-order valence-corrected chi connectivity index (χ2v) is 7.80. The van der Waals surface area contributed by atoms with Crippen molar-refractivity contribution < 1.29 is 14.3 Å². The molecule has 1 amide bonds. The van der Waals surface area contributed by atoms with E-state index in [1.54, 1.807) is 0 Å². The number of hydrogen-bond donors (Lipinski definition) is 1. The molecule has 1 atom stereocenters. The van der Waals surface area contributed by atoms with Crippen LogP contribution >= 0.6 is 22.9 Å². The highest BCUT2D eigenvalue weighted by Crippen LogP contribution is 2.32. The summed E-state index contributed by atoms with van der Waals surface area (Å²) in [6.45, 7) is 3.82. The van der Waals surface area contributed by atoms with E-state index in [4.69, 9.17) is 21.1 Å². The first kappa shape index (κ1) is 18.0. The van der Waals surface area contributed by atoms with Gasteiger partial charge in [-0.3, -0.25) is 9.69 Å². The molecule has 1 N–H and O–H groups in total. The minimum Gasteiger partial charge on any atom is -0.490 e. The molecule has 5 nitrogen and oxygen atoms in total. The van der Waals surface area contributed by atoms with E-state index in [0.717, 1.165) is 21.4 Å². The van der Waals surface area contributed by atoms with Crippen LogP contribution in [0.3, 0.4) is 0 Å². The number of likely N-dealkylation sites (N-methyl/N-ethyl adjacent to an activating group) is 1. The molecule has 0 radical (unpaired) electrons. The van der Waals surface area contributed by atoms with Crippen LogP contribution in [-0.2, 0) is 11.3 Å². The zero-order chi connectivity index (χ0) is 17.8. The first-order valence-corrected chi connectivity index (χ1v) is 9.37. The maximum absolute atomic E-state index is 12.5. The third-order valence-corrected chi connectivity index (χ3v) is 5.31. The Morgan fingerprint density at radius 1 is 1.28 bits per heavy atom. The largest absolute Gasteiger partial charge is 0.490 e. The average Bonchev–Trinajstić information content (AvgIpc) is 2.86. The normalized spacial score (nSPS) is 14.9. The summed E-state index contributed by atoms with van der Waals surface area (Å²) in [6.07, 6.45) is 0.852. The molecule has 3 rings (SSSR count). The van der Waals surface area contributed by atoms with Gasteiger partial charge in [-0.1, -0.05) is 11.6 Å². The van der Waals surface area contributed by atoms with Crippen LogP contribution in [0.15, 0.2) is 30.3 Å². The SMILES string of the molecule is CC(C(=O)Nc1ccc2c(c1)OCCCO2)N(C)Cc1ccc(Cl)s1. The number of rotatable bonds is 5. The zero-order valence-electron chi connectivity index (χ0n) is 14.3. The van der Waals surface area contributed by atoms with E-state index in [9.17, 15) is 4.79 Å². The fraction of sp³-hybridized carbons (Fsp3) is 0.389. The highest BCUT2D eigenvalue weighted by molar-refractivity contribution is 7.16. The van der Waals surface area contributed by atoms with Gasteiger partial charge in [0.05, 0.1) is 23.6 Å². The van der Waals surface area contributed by atoms with Gasteiger partial charge in [0.1, 0.15) is 0 Å². The molecule has 0 bridgehead atoms. The predicted molar refractivity (Wildman–Crippen MR) is 101 cm³/mol. The van der Waals surface area contributed by atoms with E-state index >= 15 is 0 Å². The summed E-state index contributed by atoms with van der Waals surface area (Å²) in [5.74, 6) is 1.32. The number of fused-ring (bicyclic) bond motifs is 1. The molecule has 1 aliphatic rings. The Morgan fingerprint density at radius 3 is 2.76 bits per heavy atom. The van der Waals surface area contributed by atoms with Gasteiger partial charge in [-0.25, -0.2) is 0 Å². The van der Waals surface area contributed by atoms with Crippen molar-refractivity contribution in [3.05, 3.63) is 39.5 Å². The molecular weight excluding hydrogens is 360 g/mol. The van der Waals surface area contributed by atoms with Crippen LogP contribution in [0.1, 0.15) is 18.2 Å². The number of hydrogen-bond acceptors (Lipinski definition) is 5. The third-order valence-electron chi connectivity index (χ3n) is 4.09. The minimum atomic E-state index is -0.281. The van der Waals surface area contributed by atoms with Crippen LogP contribution in [-0.4, -0.2) is 37.1 Å². The fourth-order valence-electron chi connectivity index (χ4n) is 2.51. The lowest BCUT2D eigenvalue weighted by atomic mass is 10.2. The van der Waals surface area contributed by atoms with Crippen LogP contribution in [0.4, 0.5) is 5.69 Å². The van der Waals surface area contributed by atoms with Crippen molar-refractivity contribution in [1.29, 1.82) is 0 Å².